The summed E-state index contributed by atoms with van der Waals surface area (Å²) in [6.07, 6.45) is 4.63. The van der Waals surface area contributed by atoms with Crippen molar-refractivity contribution in [1.82, 2.24) is 19.9 Å². The molecular formula is C32H34F3N5O3. The van der Waals surface area contributed by atoms with Crippen molar-refractivity contribution in [2.75, 3.05) is 37.7 Å². The molecule has 8 nitrogen and oxygen atoms in total. The maximum Gasteiger partial charge on any atom is 0.319 e. The Hall–Kier alpha value is -3.70. The number of aliphatic hydroxyl groups is 1. The van der Waals surface area contributed by atoms with Gasteiger partial charge in [-0.05, 0) is 73.2 Å². The van der Waals surface area contributed by atoms with Crippen LogP contribution in [-0.2, 0) is 6.42 Å². The first-order valence-corrected chi connectivity index (χ1v) is 15.0. The van der Waals surface area contributed by atoms with Gasteiger partial charge in [-0.25, -0.2) is 13.2 Å². The van der Waals surface area contributed by atoms with Gasteiger partial charge in [0.15, 0.2) is 5.82 Å². The number of phenolic OH excluding ortho intramolecular Hbond substituents is 1. The monoisotopic (exact) mass is 593 g/mol. The first-order chi connectivity index (χ1) is 20.8. The van der Waals surface area contributed by atoms with Crippen molar-refractivity contribution in [3.8, 4) is 23.0 Å². The van der Waals surface area contributed by atoms with E-state index in [2.05, 4.69) is 14.9 Å². The Kier molecular flexibility index (Phi) is 7.04. The van der Waals surface area contributed by atoms with Gasteiger partial charge < -0.3 is 19.8 Å². The largest absolute Gasteiger partial charge is 0.508 e. The van der Waals surface area contributed by atoms with Crippen molar-refractivity contribution in [3.63, 3.8) is 0 Å². The number of aliphatic hydroxyl groups excluding tert-OH is 1. The van der Waals surface area contributed by atoms with Crippen molar-refractivity contribution in [2.24, 2.45) is 0 Å². The normalized spacial score (nSPS) is 24.0. The predicted octanol–water partition coefficient (Wildman–Crippen LogP) is 5.31. The fourth-order valence-electron chi connectivity index (χ4n) is 7.48. The van der Waals surface area contributed by atoms with Gasteiger partial charge in [-0.2, -0.15) is 9.97 Å². The van der Waals surface area contributed by atoms with Crippen LogP contribution in [0.3, 0.4) is 0 Å². The molecule has 7 rings (SSSR count). The smallest absolute Gasteiger partial charge is 0.319 e. The second-order valence-corrected chi connectivity index (χ2v) is 12.0. The molecule has 3 aliphatic rings. The molecule has 3 aliphatic heterocycles. The van der Waals surface area contributed by atoms with Crippen LogP contribution >= 0.6 is 0 Å². The Morgan fingerprint density at radius 1 is 1.14 bits per heavy atom. The summed E-state index contributed by atoms with van der Waals surface area (Å²) in [5.74, 6) is -0.869. The number of ether oxygens (including phenoxy) is 1. The first kappa shape index (κ1) is 28.1. The van der Waals surface area contributed by atoms with Crippen LogP contribution in [0, 0.1) is 11.6 Å². The molecule has 2 aromatic heterocycles. The molecule has 0 spiro atoms. The minimum Gasteiger partial charge on any atom is -0.508 e. The van der Waals surface area contributed by atoms with Crippen molar-refractivity contribution >= 4 is 27.5 Å². The maximum atomic E-state index is 16.7. The third-order valence-electron chi connectivity index (χ3n) is 9.50. The average molecular weight is 594 g/mol. The summed E-state index contributed by atoms with van der Waals surface area (Å²) in [5.41, 5.74) is 0.0916. The quantitative estimate of drug-likeness (QED) is 0.298. The average Bonchev–Trinajstić information content (AvgIpc) is 3.70. The van der Waals surface area contributed by atoms with Gasteiger partial charge in [0.05, 0.1) is 23.6 Å². The lowest BCUT2D eigenvalue weighted by Crippen LogP contribution is -2.43. The molecule has 5 heterocycles. The number of aromatic nitrogens is 3. The van der Waals surface area contributed by atoms with Crippen LogP contribution in [0.15, 0.2) is 30.5 Å². The molecule has 3 atom stereocenters. The lowest BCUT2D eigenvalue weighted by atomic mass is 9.94. The number of pyridine rings is 1. The zero-order valence-corrected chi connectivity index (χ0v) is 24.0. The highest BCUT2D eigenvalue weighted by molar-refractivity contribution is 6.01. The van der Waals surface area contributed by atoms with E-state index in [-0.39, 0.29) is 47.8 Å². The topological polar surface area (TPSA) is 94.8 Å². The van der Waals surface area contributed by atoms with Crippen molar-refractivity contribution in [1.29, 1.82) is 0 Å². The van der Waals surface area contributed by atoms with Crippen molar-refractivity contribution < 1.29 is 28.1 Å². The summed E-state index contributed by atoms with van der Waals surface area (Å²) in [6.45, 7) is 3.69. The number of rotatable bonds is 7. The number of aromatic hydroxyl groups is 1. The minimum atomic E-state index is -0.923. The van der Waals surface area contributed by atoms with E-state index in [0.29, 0.717) is 53.5 Å². The summed E-state index contributed by atoms with van der Waals surface area (Å²) in [4.78, 5) is 17.7. The van der Waals surface area contributed by atoms with E-state index in [0.717, 1.165) is 32.2 Å². The van der Waals surface area contributed by atoms with Crippen LogP contribution in [0.2, 0.25) is 0 Å². The van der Waals surface area contributed by atoms with E-state index in [4.69, 9.17) is 9.72 Å². The standard InChI is InChI=1S/C32H34F3N5O3/c1-2-22-25(34)7-6-18-11-21(42)12-23(26(18)22)28-27(35)29-24(14-36-28)30(40-10-3-5-20(40)16-41)38-31(37-29)43-17-32-8-4-9-39(32)15-19(33)13-32/h6-7,11-12,14,19-20,41-42H,2-5,8-10,13,15-17H2,1H3/t19?,20-,32+/m1/s1. The molecule has 0 aliphatic carbocycles. The van der Waals surface area contributed by atoms with Crippen LogP contribution in [-0.4, -0.2) is 80.7 Å². The molecule has 2 aromatic carbocycles. The van der Waals surface area contributed by atoms with Crippen LogP contribution in [0.1, 0.15) is 44.6 Å². The second-order valence-electron chi connectivity index (χ2n) is 12.0. The Morgan fingerprint density at radius 2 is 2.00 bits per heavy atom. The van der Waals surface area contributed by atoms with E-state index in [1.54, 1.807) is 6.07 Å². The lowest BCUT2D eigenvalue weighted by molar-refractivity contribution is 0.107. The zero-order valence-electron chi connectivity index (χ0n) is 24.0. The van der Waals surface area contributed by atoms with Gasteiger partial charge in [0.2, 0.25) is 0 Å². The summed E-state index contributed by atoms with van der Waals surface area (Å²) >= 11 is 0. The molecule has 2 N–H and O–H groups in total. The maximum absolute atomic E-state index is 16.7. The van der Waals surface area contributed by atoms with Crippen LogP contribution in [0.25, 0.3) is 32.9 Å². The number of hydrogen-bond acceptors (Lipinski definition) is 8. The van der Waals surface area contributed by atoms with Gasteiger partial charge in [0.25, 0.3) is 0 Å². The molecule has 226 valence electrons. The highest BCUT2D eigenvalue weighted by Crippen LogP contribution is 2.42. The highest BCUT2D eigenvalue weighted by Gasteiger charge is 2.49. The van der Waals surface area contributed by atoms with Crippen molar-refractivity contribution in [3.05, 3.63) is 47.7 Å². The zero-order chi connectivity index (χ0) is 29.9. The van der Waals surface area contributed by atoms with Crippen LogP contribution in [0.4, 0.5) is 19.0 Å². The number of benzene rings is 2. The summed E-state index contributed by atoms with van der Waals surface area (Å²) in [6, 6.07) is 5.56. The highest BCUT2D eigenvalue weighted by atomic mass is 19.1. The lowest BCUT2D eigenvalue weighted by Gasteiger charge is -2.31. The molecule has 3 fully saturated rings. The van der Waals surface area contributed by atoms with E-state index in [1.807, 2.05) is 11.8 Å². The summed E-state index contributed by atoms with van der Waals surface area (Å²) in [7, 11) is 0. The first-order valence-electron chi connectivity index (χ1n) is 15.0. The molecule has 0 bridgehead atoms. The molecule has 0 amide bonds. The third kappa shape index (κ3) is 4.64. The van der Waals surface area contributed by atoms with E-state index < -0.39 is 23.3 Å². The van der Waals surface area contributed by atoms with Crippen LogP contribution in [0.5, 0.6) is 11.8 Å². The SMILES string of the molecule is CCc1c(F)ccc2cc(O)cc(-c3ncc4c(N5CCC[C@@H]5CO)nc(OC[C@@]56CCCN5CC(F)C6)nc4c3F)c12. The van der Waals surface area contributed by atoms with E-state index >= 15 is 4.39 Å². The number of fused-ring (bicyclic) bond motifs is 3. The molecule has 43 heavy (non-hydrogen) atoms. The third-order valence-corrected chi connectivity index (χ3v) is 9.50. The molecule has 0 radical (unpaired) electrons. The van der Waals surface area contributed by atoms with E-state index in [9.17, 15) is 19.0 Å². The number of nitrogens with zero attached hydrogens (tertiary/aromatic N) is 5. The second kappa shape index (κ2) is 10.8. The summed E-state index contributed by atoms with van der Waals surface area (Å²) in [5, 5.41) is 22.0. The number of alkyl halides is 1. The fraction of sp³-hybridized carbons (Fsp3) is 0.469. The Morgan fingerprint density at radius 3 is 2.81 bits per heavy atom. The van der Waals surface area contributed by atoms with E-state index in [1.165, 1.54) is 24.4 Å². The molecule has 1 unspecified atom stereocenters. The number of hydrogen-bond donors (Lipinski definition) is 2. The number of aryl methyl sites for hydroxylation is 1. The Bertz CT molecular complexity index is 1720. The van der Waals surface area contributed by atoms with Crippen LogP contribution < -0.4 is 9.64 Å². The molecule has 11 heteroatoms. The fourth-order valence-corrected chi connectivity index (χ4v) is 7.48. The molecule has 0 saturated carbocycles. The Labute approximate surface area is 247 Å². The van der Waals surface area contributed by atoms with Gasteiger partial charge in [0.1, 0.15) is 41.4 Å². The predicted molar refractivity (Wildman–Crippen MR) is 157 cm³/mol. The van der Waals surface area contributed by atoms with Gasteiger partial charge in [-0.3, -0.25) is 9.88 Å². The van der Waals surface area contributed by atoms with Gasteiger partial charge >= 0.3 is 6.01 Å². The van der Waals surface area contributed by atoms with Gasteiger partial charge in [0, 0.05) is 31.3 Å². The summed E-state index contributed by atoms with van der Waals surface area (Å²) < 4.78 is 52.1. The van der Waals surface area contributed by atoms with Gasteiger partial charge in [-0.15, -0.1) is 0 Å². The minimum absolute atomic E-state index is 0.0323. The number of halogens is 3. The number of phenols is 1. The molecule has 3 saturated heterocycles. The Balaban J connectivity index is 1.39. The number of anilines is 1. The molecular weight excluding hydrogens is 559 g/mol. The molecule has 4 aromatic rings. The van der Waals surface area contributed by atoms with Crippen molar-refractivity contribution in [2.45, 2.75) is 63.2 Å². The van der Waals surface area contributed by atoms with Gasteiger partial charge in [-0.1, -0.05) is 13.0 Å².